The molecule has 2 heterocycles. The number of alkyl halides is 3. The maximum absolute atomic E-state index is 14.1. The first kappa shape index (κ1) is 46.4. The number of rotatable bonds is 19. The monoisotopic (exact) mass is 921 g/mol. The summed E-state index contributed by atoms with van der Waals surface area (Å²) in [6, 6.07) is 24.9. The first-order valence-electron chi connectivity index (χ1n) is 19.6. The fourth-order valence-electron chi connectivity index (χ4n) is 6.73. The maximum atomic E-state index is 14.1. The number of amides is 1. The molecule has 6 rings (SSSR count). The molecule has 0 unspecified atom stereocenters. The van der Waals surface area contributed by atoms with E-state index in [0.29, 0.717) is 94.6 Å². The highest BCUT2D eigenvalue weighted by Crippen LogP contribution is 2.37. The summed E-state index contributed by atoms with van der Waals surface area (Å²) < 4.78 is 108. The van der Waals surface area contributed by atoms with Crippen molar-refractivity contribution in [2.24, 2.45) is 0 Å². The van der Waals surface area contributed by atoms with Gasteiger partial charge in [0.05, 0.1) is 37.0 Å². The molecule has 0 aromatic heterocycles. The zero-order valence-corrected chi connectivity index (χ0v) is 36.3. The second-order valence-corrected chi connectivity index (χ2v) is 19.4. The van der Waals surface area contributed by atoms with E-state index in [2.05, 4.69) is 20.9 Å². The van der Waals surface area contributed by atoms with E-state index < -0.39 is 52.8 Å². The molecule has 0 spiro atoms. The van der Waals surface area contributed by atoms with Crippen LogP contribution in [0.2, 0.25) is 5.02 Å². The first-order valence-corrected chi connectivity index (χ1v) is 23.9. The number of carbonyl (C=O) groups is 1. The topological polar surface area (TPSA) is 155 Å². The van der Waals surface area contributed by atoms with Gasteiger partial charge in [0, 0.05) is 72.2 Å². The number of sulfone groups is 1. The second kappa shape index (κ2) is 21.3. The molecular formula is C42H47ClF3N5O7S3. The van der Waals surface area contributed by atoms with Gasteiger partial charge in [-0.1, -0.05) is 41.9 Å². The van der Waals surface area contributed by atoms with Crippen LogP contribution >= 0.6 is 23.4 Å². The SMILES string of the molecule is O=C(NS(=O)(=O)c1ccc(N[C@H](CCN2CCOCC2)CSc2ccccc2)c(S(=O)(=O)C(F)(F)F)c1)c1ccc(NCCNCC2=C(c3ccc(Cl)cc3)CCOC2)cc1. The number of sulfonamides is 1. The molecule has 0 aliphatic carbocycles. The number of anilines is 2. The molecule has 328 valence electrons. The quantitative estimate of drug-likeness (QED) is 0.0570. The number of thioether (sulfide) groups is 1. The number of nitrogens with one attached hydrogen (secondary N) is 4. The Balaban J connectivity index is 1.09. The predicted octanol–water partition coefficient (Wildman–Crippen LogP) is 6.92. The minimum Gasteiger partial charge on any atom is -0.384 e. The number of benzene rings is 4. The van der Waals surface area contributed by atoms with Gasteiger partial charge in [-0.05, 0) is 96.3 Å². The van der Waals surface area contributed by atoms with Gasteiger partial charge >= 0.3 is 5.51 Å². The van der Waals surface area contributed by atoms with E-state index in [1.165, 1.54) is 29.5 Å². The van der Waals surface area contributed by atoms with Crippen LogP contribution in [-0.2, 0) is 29.3 Å². The van der Waals surface area contributed by atoms with Crippen molar-refractivity contribution in [2.75, 3.05) is 82.1 Å². The maximum Gasteiger partial charge on any atom is 0.501 e. The molecule has 4 aromatic carbocycles. The van der Waals surface area contributed by atoms with E-state index >= 15 is 0 Å². The zero-order chi connectivity index (χ0) is 43.5. The molecular weight excluding hydrogens is 875 g/mol. The van der Waals surface area contributed by atoms with Crippen molar-refractivity contribution < 1.29 is 44.3 Å². The molecule has 0 bridgehead atoms. The average Bonchev–Trinajstić information content (AvgIpc) is 3.25. The van der Waals surface area contributed by atoms with Gasteiger partial charge in [0.15, 0.2) is 0 Å². The van der Waals surface area contributed by atoms with Crippen LogP contribution in [0, 0.1) is 0 Å². The summed E-state index contributed by atoms with van der Waals surface area (Å²) in [5, 5.41) is 10.3. The van der Waals surface area contributed by atoms with Gasteiger partial charge in [-0.2, -0.15) is 13.2 Å². The molecule has 0 saturated carbocycles. The van der Waals surface area contributed by atoms with Crippen LogP contribution in [-0.4, -0.2) is 111 Å². The number of hydrogen-bond acceptors (Lipinski definition) is 12. The Bertz CT molecular complexity index is 2350. The van der Waals surface area contributed by atoms with Crippen molar-refractivity contribution >= 4 is 66.1 Å². The van der Waals surface area contributed by atoms with Crippen molar-refractivity contribution in [1.82, 2.24) is 14.9 Å². The highest BCUT2D eigenvalue weighted by Gasteiger charge is 2.48. The third kappa shape index (κ3) is 13.0. The minimum absolute atomic E-state index is 0.0494. The van der Waals surface area contributed by atoms with Crippen molar-refractivity contribution in [3.8, 4) is 0 Å². The molecule has 12 nitrogen and oxygen atoms in total. The van der Waals surface area contributed by atoms with Gasteiger partial charge in [0.2, 0.25) is 0 Å². The number of halogens is 4. The molecule has 19 heteroatoms. The number of ether oxygens (including phenoxy) is 2. The number of morpholine rings is 1. The Labute approximate surface area is 363 Å². The second-order valence-electron chi connectivity index (χ2n) is 14.3. The predicted molar refractivity (Wildman–Crippen MR) is 232 cm³/mol. The Morgan fingerprint density at radius 3 is 2.30 bits per heavy atom. The summed E-state index contributed by atoms with van der Waals surface area (Å²) in [5.74, 6) is -0.696. The van der Waals surface area contributed by atoms with Crippen LogP contribution in [0.1, 0.15) is 28.8 Å². The summed E-state index contributed by atoms with van der Waals surface area (Å²) in [7, 11) is -10.9. The van der Waals surface area contributed by atoms with Crippen molar-refractivity contribution in [1.29, 1.82) is 0 Å². The Morgan fingerprint density at radius 2 is 1.59 bits per heavy atom. The number of carbonyl (C=O) groups excluding carboxylic acids is 1. The van der Waals surface area contributed by atoms with Crippen LogP contribution in [0.3, 0.4) is 0 Å². The molecule has 1 amide bonds. The van der Waals surface area contributed by atoms with E-state index in [4.69, 9.17) is 21.1 Å². The van der Waals surface area contributed by atoms with E-state index in [0.717, 1.165) is 34.6 Å². The van der Waals surface area contributed by atoms with Gasteiger partial charge in [-0.3, -0.25) is 9.69 Å². The lowest BCUT2D eigenvalue weighted by molar-refractivity contribution is -0.0435. The highest BCUT2D eigenvalue weighted by molar-refractivity contribution is 7.99. The molecule has 1 saturated heterocycles. The lowest BCUT2D eigenvalue weighted by Gasteiger charge is -2.29. The third-order valence-corrected chi connectivity index (χ3v) is 14.3. The van der Waals surface area contributed by atoms with Crippen LogP contribution in [0.4, 0.5) is 24.5 Å². The minimum atomic E-state index is -6.05. The summed E-state index contributed by atoms with van der Waals surface area (Å²) in [5.41, 5.74) is -2.06. The molecule has 2 aliphatic heterocycles. The fraction of sp³-hybridized carbons (Fsp3) is 0.357. The average molecular weight is 923 g/mol. The van der Waals surface area contributed by atoms with Crippen molar-refractivity contribution in [3.05, 3.63) is 119 Å². The number of nitrogens with zero attached hydrogens (tertiary/aromatic N) is 1. The molecule has 2 aliphatic rings. The van der Waals surface area contributed by atoms with Crippen molar-refractivity contribution in [3.63, 3.8) is 0 Å². The molecule has 0 radical (unpaired) electrons. The lowest BCUT2D eigenvalue weighted by atomic mass is 9.96. The summed E-state index contributed by atoms with van der Waals surface area (Å²) in [6.45, 7) is 5.92. The van der Waals surface area contributed by atoms with E-state index in [1.54, 1.807) is 12.1 Å². The molecule has 1 atom stereocenters. The lowest BCUT2D eigenvalue weighted by Crippen LogP contribution is -2.39. The van der Waals surface area contributed by atoms with E-state index in [-0.39, 0.29) is 5.56 Å². The molecule has 61 heavy (non-hydrogen) atoms. The first-order chi connectivity index (χ1) is 29.2. The summed E-state index contributed by atoms with van der Waals surface area (Å²) >= 11 is 7.50. The Kier molecular flexibility index (Phi) is 16.2. The van der Waals surface area contributed by atoms with Crippen LogP contribution in [0.15, 0.2) is 117 Å². The summed E-state index contributed by atoms with van der Waals surface area (Å²) in [4.78, 5) is 14.1. The molecule has 1 fully saturated rings. The van der Waals surface area contributed by atoms with Crippen LogP contribution < -0.4 is 20.7 Å². The highest BCUT2D eigenvalue weighted by atomic mass is 35.5. The van der Waals surface area contributed by atoms with Crippen LogP contribution in [0.25, 0.3) is 5.57 Å². The molecule has 4 N–H and O–H groups in total. The normalized spacial score (nSPS) is 15.9. The van der Waals surface area contributed by atoms with Crippen molar-refractivity contribution in [2.45, 2.75) is 39.1 Å². The van der Waals surface area contributed by atoms with Gasteiger partial charge < -0.3 is 25.4 Å². The van der Waals surface area contributed by atoms with Gasteiger partial charge in [0.1, 0.15) is 4.90 Å². The molecule has 4 aromatic rings. The fourth-order valence-corrected chi connectivity index (χ4v) is 9.88. The van der Waals surface area contributed by atoms with E-state index in [9.17, 15) is 34.8 Å². The largest absolute Gasteiger partial charge is 0.501 e. The van der Waals surface area contributed by atoms with Gasteiger partial charge in [0.25, 0.3) is 25.8 Å². The summed E-state index contributed by atoms with van der Waals surface area (Å²) in [6.07, 6.45) is 1.24. The third-order valence-electron chi connectivity index (χ3n) is 10.0. The zero-order valence-electron chi connectivity index (χ0n) is 33.0. The smallest absolute Gasteiger partial charge is 0.384 e. The Hall–Kier alpha value is -4.14. The van der Waals surface area contributed by atoms with Gasteiger partial charge in [-0.15, -0.1) is 11.8 Å². The standard InChI is InChI=1S/C42H47ClF3N5O7S3/c43-33-10-6-30(7-11-33)38-17-23-58-28-32(38)27-47-18-19-48-34-12-8-31(9-13-34)41(52)50-61(55,56)37-14-15-39(40(26-37)60(53,54)42(44,45)46)49-35(16-20-51-21-24-57-25-22-51)29-59-36-4-2-1-3-5-36/h1-15,26,35,47-49H,16-25,27-29H2,(H,50,52)/t35-/m1/s1. The van der Waals surface area contributed by atoms with Gasteiger partial charge in [-0.25, -0.2) is 21.6 Å². The van der Waals surface area contributed by atoms with E-state index in [1.807, 2.05) is 59.3 Å². The van der Waals surface area contributed by atoms with Crippen LogP contribution in [0.5, 0.6) is 0 Å². The number of hydrogen-bond donors (Lipinski definition) is 4. The Morgan fingerprint density at radius 1 is 0.869 bits per heavy atom.